The minimum Gasteiger partial charge on any atom is -0.412 e. The average molecular weight is 448 g/mol. The Morgan fingerprint density at radius 2 is 1.81 bits per heavy atom. The molecule has 4 nitrogen and oxygen atoms in total. The van der Waals surface area contributed by atoms with Gasteiger partial charge >= 0.3 is 0 Å². The number of anilines is 1. The van der Waals surface area contributed by atoms with E-state index in [0.717, 1.165) is 30.7 Å². The highest BCUT2D eigenvalue weighted by Gasteiger charge is 2.40. The van der Waals surface area contributed by atoms with Crippen LogP contribution in [0.4, 0.5) is 5.69 Å². The molecule has 0 bridgehead atoms. The molecule has 0 spiro atoms. The summed E-state index contributed by atoms with van der Waals surface area (Å²) in [4.78, 5) is 2.50. The van der Waals surface area contributed by atoms with E-state index >= 15 is 0 Å². The molecule has 0 aliphatic carbocycles. The van der Waals surface area contributed by atoms with Gasteiger partial charge in [-0.05, 0) is 60.8 Å². The lowest BCUT2D eigenvalue weighted by atomic mass is 10.1. The van der Waals surface area contributed by atoms with Crippen molar-refractivity contribution in [3.05, 3.63) is 59.8 Å². The van der Waals surface area contributed by atoms with Crippen LogP contribution in [0, 0.1) is 0 Å². The van der Waals surface area contributed by atoms with Crippen molar-refractivity contribution < 1.29 is 4.43 Å². The van der Waals surface area contributed by atoms with Crippen LogP contribution in [0.15, 0.2) is 48.5 Å². The van der Waals surface area contributed by atoms with E-state index in [1.165, 1.54) is 23.1 Å². The molecule has 5 heteroatoms. The van der Waals surface area contributed by atoms with Gasteiger partial charge in [-0.15, -0.1) is 0 Å². The minimum atomic E-state index is -1.76. The van der Waals surface area contributed by atoms with Crippen LogP contribution in [-0.4, -0.2) is 37.3 Å². The van der Waals surface area contributed by atoms with Crippen LogP contribution in [0.5, 0.6) is 0 Å². The second-order valence-electron chi connectivity index (χ2n) is 10.5. The molecule has 32 heavy (non-hydrogen) atoms. The molecule has 2 aromatic carbocycles. The summed E-state index contributed by atoms with van der Waals surface area (Å²) in [6.07, 6.45) is 6.90. The van der Waals surface area contributed by atoms with Crippen molar-refractivity contribution in [2.45, 2.75) is 57.8 Å². The number of piperidine rings is 1. The zero-order chi connectivity index (χ0) is 22.9. The lowest BCUT2D eigenvalue weighted by Gasteiger charge is -2.43. The molecule has 4 rings (SSSR count). The Morgan fingerprint density at radius 3 is 2.53 bits per heavy atom. The number of fused-ring (bicyclic) bond motifs is 1. The molecule has 0 radical (unpaired) electrons. The molecule has 1 atom stereocenters. The molecule has 1 aliphatic heterocycles. The van der Waals surface area contributed by atoms with Gasteiger partial charge in [0.05, 0.1) is 17.3 Å². The third-order valence-electron chi connectivity index (χ3n) is 7.11. The van der Waals surface area contributed by atoms with Crippen molar-refractivity contribution in [1.29, 1.82) is 0 Å². The Morgan fingerprint density at radius 1 is 1.06 bits per heavy atom. The number of rotatable bonds is 5. The van der Waals surface area contributed by atoms with Crippen LogP contribution in [0.3, 0.4) is 0 Å². The fourth-order valence-corrected chi connectivity index (χ4v) is 5.58. The lowest BCUT2D eigenvalue weighted by molar-refractivity contribution is 0.160. The van der Waals surface area contributed by atoms with Crippen LogP contribution in [0.25, 0.3) is 23.1 Å². The van der Waals surface area contributed by atoms with Crippen LogP contribution < -0.4 is 4.90 Å². The Hall–Kier alpha value is -2.37. The molecule has 1 fully saturated rings. The maximum absolute atomic E-state index is 6.77. The van der Waals surface area contributed by atoms with E-state index in [0.29, 0.717) is 6.10 Å². The third-order valence-corrected chi connectivity index (χ3v) is 11.6. The minimum absolute atomic E-state index is 0.240. The van der Waals surface area contributed by atoms with Crippen LogP contribution in [0.2, 0.25) is 18.1 Å². The molecule has 0 saturated carbocycles. The average Bonchev–Trinajstić information content (AvgIpc) is 3.07. The van der Waals surface area contributed by atoms with Gasteiger partial charge in [-0.1, -0.05) is 57.2 Å². The standard InChI is InChI=1S/C27H37N3OSi/c1-27(2,3)32(5,6)31-23-13-10-18-30(20-23)22-15-17-26-24(19-22)25(28-29(26)4)16-14-21-11-8-7-9-12-21/h7-9,11-12,14-17,19,23H,10,13,18,20H2,1-6H3/b16-14+. The maximum Gasteiger partial charge on any atom is 0.192 e. The van der Waals surface area contributed by atoms with Crippen LogP contribution in [0.1, 0.15) is 44.9 Å². The zero-order valence-electron chi connectivity index (χ0n) is 20.4. The number of hydrogen-bond donors (Lipinski definition) is 0. The fraction of sp³-hybridized carbons (Fsp3) is 0.444. The predicted molar refractivity (Wildman–Crippen MR) is 140 cm³/mol. The summed E-state index contributed by atoms with van der Waals surface area (Å²) in [5, 5.41) is 6.21. The first kappa shape index (κ1) is 22.8. The van der Waals surface area contributed by atoms with E-state index in [2.05, 4.69) is 93.4 Å². The van der Waals surface area contributed by atoms with Gasteiger partial charge in [-0.3, -0.25) is 4.68 Å². The summed E-state index contributed by atoms with van der Waals surface area (Å²) >= 11 is 0. The second-order valence-corrected chi connectivity index (χ2v) is 15.3. The van der Waals surface area contributed by atoms with E-state index < -0.39 is 8.32 Å². The van der Waals surface area contributed by atoms with Gasteiger partial charge in [0.25, 0.3) is 0 Å². The highest BCUT2D eigenvalue weighted by molar-refractivity contribution is 6.74. The van der Waals surface area contributed by atoms with Gasteiger partial charge in [0, 0.05) is 31.2 Å². The number of nitrogens with zero attached hydrogens (tertiary/aromatic N) is 3. The number of hydrogen-bond acceptors (Lipinski definition) is 3. The molecule has 0 amide bonds. The first-order valence-corrected chi connectivity index (χ1v) is 14.7. The van der Waals surface area contributed by atoms with E-state index in [4.69, 9.17) is 9.52 Å². The van der Waals surface area contributed by atoms with Gasteiger partial charge in [0.1, 0.15) is 0 Å². The molecule has 3 aromatic rings. The van der Waals surface area contributed by atoms with Crippen molar-refractivity contribution in [1.82, 2.24) is 9.78 Å². The molecular formula is C27H37N3OSi. The third kappa shape index (κ3) is 4.84. The summed E-state index contributed by atoms with van der Waals surface area (Å²) in [6, 6.07) is 17.1. The fourth-order valence-electron chi connectivity index (χ4n) is 4.20. The Kier molecular flexibility index (Phi) is 6.32. The van der Waals surface area contributed by atoms with Crippen LogP contribution >= 0.6 is 0 Å². The second kappa shape index (κ2) is 8.87. The van der Waals surface area contributed by atoms with Crippen molar-refractivity contribution in [3.8, 4) is 0 Å². The predicted octanol–water partition coefficient (Wildman–Crippen LogP) is 6.73. The van der Waals surface area contributed by atoms with Gasteiger partial charge < -0.3 is 9.33 Å². The quantitative estimate of drug-likeness (QED) is 0.406. The van der Waals surface area contributed by atoms with E-state index in [-0.39, 0.29) is 5.04 Å². The first-order valence-electron chi connectivity index (χ1n) is 11.8. The van der Waals surface area contributed by atoms with Gasteiger partial charge in [-0.2, -0.15) is 5.10 Å². The zero-order valence-corrected chi connectivity index (χ0v) is 21.4. The molecule has 1 saturated heterocycles. The lowest BCUT2D eigenvalue weighted by Crippen LogP contribution is -2.49. The highest BCUT2D eigenvalue weighted by Crippen LogP contribution is 2.38. The van der Waals surface area contributed by atoms with Gasteiger partial charge in [0.15, 0.2) is 8.32 Å². The monoisotopic (exact) mass is 447 g/mol. The molecule has 170 valence electrons. The molecule has 1 unspecified atom stereocenters. The first-order chi connectivity index (χ1) is 15.1. The van der Waals surface area contributed by atoms with Crippen molar-refractivity contribution in [3.63, 3.8) is 0 Å². The Labute approximate surface area is 194 Å². The summed E-state index contributed by atoms with van der Waals surface area (Å²) in [7, 11) is 0.255. The molecular weight excluding hydrogens is 410 g/mol. The summed E-state index contributed by atoms with van der Waals surface area (Å²) < 4.78 is 8.74. The topological polar surface area (TPSA) is 30.3 Å². The van der Waals surface area contributed by atoms with Crippen molar-refractivity contribution in [2.75, 3.05) is 18.0 Å². The summed E-state index contributed by atoms with van der Waals surface area (Å²) in [5.41, 5.74) is 4.62. The van der Waals surface area contributed by atoms with Crippen molar-refractivity contribution in [2.24, 2.45) is 7.05 Å². The molecule has 0 N–H and O–H groups in total. The van der Waals surface area contributed by atoms with E-state index in [9.17, 15) is 0 Å². The largest absolute Gasteiger partial charge is 0.412 e. The summed E-state index contributed by atoms with van der Waals surface area (Å²) in [6.45, 7) is 13.7. The highest BCUT2D eigenvalue weighted by atomic mass is 28.4. The van der Waals surface area contributed by atoms with E-state index in [1.807, 2.05) is 17.8 Å². The number of aromatic nitrogens is 2. The van der Waals surface area contributed by atoms with E-state index in [1.54, 1.807) is 0 Å². The van der Waals surface area contributed by atoms with Crippen molar-refractivity contribution >= 4 is 37.1 Å². The Bertz CT molecular complexity index is 1100. The smallest absolute Gasteiger partial charge is 0.192 e. The normalized spacial score (nSPS) is 18.1. The van der Waals surface area contributed by atoms with Crippen LogP contribution in [-0.2, 0) is 11.5 Å². The molecule has 1 aromatic heterocycles. The SMILES string of the molecule is Cn1nc(/C=C/c2ccccc2)c2cc(N3CCCC(O[Si](C)(C)C(C)(C)C)C3)ccc21. The van der Waals surface area contributed by atoms with Gasteiger partial charge in [-0.25, -0.2) is 0 Å². The Balaban J connectivity index is 1.57. The molecule has 1 aliphatic rings. The summed E-state index contributed by atoms with van der Waals surface area (Å²) in [5.74, 6) is 0. The number of benzene rings is 2. The number of aryl methyl sites for hydroxylation is 1. The van der Waals surface area contributed by atoms with Gasteiger partial charge in [0.2, 0.25) is 0 Å². The maximum atomic E-state index is 6.77. The molecule has 2 heterocycles.